The van der Waals surface area contributed by atoms with Gasteiger partial charge in [-0.05, 0) is 59.7 Å². The molecule has 2 heterocycles. The lowest BCUT2D eigenvalue weighted by Gasteiger charge is -2.26. The number of aromatic carboxylic acids is 1. The number of thioether (sulfide) groups is 1. The number of carbonyl (C=O) groups is 3. The summed E-state index contributed by atoms with van der Waals surface area (Å²) in [6.45, 7) is 4.50. The molecule has 0 bridgehead atoms. The Balaban J connectivity index is 1.28. The Kier molecular flexibility index (Phi) is 11.1. The Morgan fingerprint density at radius 1 is 1.04 bits per heavy atom. The van der Waals surface area contributed by atoms with Crippen molar-refractivity contribution in [3.8, 4) is 16.9 Å². The maximum absolute atomic E-state index is 13.3. The van der Waals surface area contributed by atoms with Crippen molar-refractivity contribution >= 4 is 81.0 Å². The number of morpholine rings is 1. The van der Waals surface area contributed by atoms with Gasteiger partial charge in [-0.1, -0.05) is 65.4 Å². The molecule has 2 aliphatic heterocycles. The summed E-state index contributed by atoms with van der Waals surface area (Å²) in [5.74, 6) is -1.09. The first-order chi connectivity index (χ1) is 21.7. The second-order valence-electron chi connectivity index (χ2n) is 10.2. The molecule has 3 aromatic rings. The lowest BCUT2D eigenvalue weighted by Crippen LogP contribution is -2.38. The highest BCUT2D eigenvalue weighted by Crippen LogP contribution is 2.37. The smallest absolute Gasteiger partial charge is 0.335 e. The minimum atomic E-state index is -1.09. The number of anilines is 1. The largest absolute Gasteiger partial charge is 0.492 e. The van der Waals surface area contributed by atoms with Crippen LogP contribution >= 0.6 is 47.2 Å². The molecule has 2 amide bonds. The van der Waals surface area contributed by atoms with Crippen molar-refractivity contribution in [3.05, 3.63) is 86.7 Å². The SMILES string of the molecule is O=C(CCN1C(=O)/C(=C/c2ccc(OCCN3CCOCC3)c(-c3ccc(Cl)c(Cl)c3)c2)SC1=S)Nc1cccc(C(=O)O)c1. The van der Waals surface area contributed by atoms with Crippen LogP contribution in [0.1, 0.15) is 22.3 Å². The average molecular weight is 687 g/mol. The van der Waals surface area contributed by atoms with E-state index in [4.69, 9.17) is 50.0 Å². The topological polar surface area (TPSA) is 108 Å². The Morgan fingerprint density at radius 2 is 1.84 bits per heavy atom. The van der Waals surface area contributed by atoms with Crippen LogP contribution in [0.25, 0.3) is 17.2 Å². The fraction of sp³-hybridized carbons (Fsp3) is 0.250. The van der Waals surface area contributed by atoms with Crippen LogP contribution in [0.5, 0.6) is 5.75 Å². The lowest BCUT2D eigenvalue weighted by molar-refractivity contribution is -0.122. The van der Waals surface area contributed by atoms with Crippen LogP contribution in [-0.4, -0.2) is 83.0 Å². The molecule has 2 fully saturated rings. The van der Waals surface area contributed by atoms with Crippen molar-refractivity contribution in [1.29, 1.82) is 0 Å². The quantitative estimate of drug-likeness (QED) is 0.178. The predicted octanol–water partition coefficient (Wildman–Crippen LogP) is 6.30. The molecule has 0 unspecified atom stereocenters. The van der Waals surface area contributed by atoms with Crippen molar-refractivity contribution in [3.63, 3.8) is 0 Å². The number of nitrogens with zero attached hydrogens (tertiary/aromatic N) is 2. The average Bonchev–Trinajstić information content (AvgIpc) is 3.29. The van der Waals surface area contributed by atoms with Crippen LogP contribution < -0.4 is 10.1 Å². The number of hydrogen-bond donors (Lipinski definition) is 2. The maximum atomic E-state index is 13.3. The van der Waals surface area contributed by atoms with Gasteiger partial charge in [0.1, 0.15) is 16.7 Å². The maximum Gasteiger partial charge on any atom is 0.335 e. The van der Waals surface area contributed by atoms with Crippen LogP contribution in [0.2, 0.25) is 10.0 Å². The van der Waals surface area contributed by atoms with Gasteiger partial charge in [0, 0.05) is 43.9 Å². The van der Waals surface area contributed by atoms with E-state index in [1.165, 1.54) is 17.0 Å². The normalized spacial score (nSPS) is 16.3. The predicted molar refractivity (Wildman–Crippen MR) is 181 cm³/mol. The molecule has 13 heteroatoms. The first-order valence-corrected chi connectivity index (χ1v) is 16.1. The van der Waals surface area contributed by atoms with Gasteiger partial charge in [0.2, 0.25) is 5.91 Å². The number of halogens is 2. The number of amides is 2. The van der Waals surface area contributed by atoms with E-state index in [1.807, 2.05) is 24.3 Å². The number of rotatable bonds is 11. The molecule has 2 aliphatic rings. The second-order valence-corrected chi connectivity index (χ2v) is 12.7. The van der Waals surface area contributed by atoms with Crippen LogP contribution in [0.3, 0.4) is 0 Å². The van der Waals surface area contributed by atoms with E-state index in [-0.39, 0.29) is 30.3 Å². The molecule has 0 aromatic heterocycles. The van der Waals surface area contributed by atoms with Crippen LogP contribution in [-0.2, 0) is 14.3 Å². The van der Waals surface area contributed by atoms with E-state index < -0.39 is 5.97 Å². The first kappa shape index (κ1) is 32.9. The Bertz CT molecular complexity index is 1660. The van der Waals surface area contributed by atoms with Gasteiger partial charge in [-0.3, -0.25) is 19.4 Å². The zero-order valence-corrected chi connectivity index (χ0v) is 27.1. The van der Waals surface area contributed by atoms with Crippen LogP contribution in [0, 0.1) is 0 Å². The summed E-state index contributed by atoms with van der Waals surface area (Å²) in [5.41, 5.74) is 2.78. The highest BCUT2D eigenvalue weighted by molar-refractivity contribution is 8.26. The van der Waals surface area contributed by atoms with Gasteiger partial charge in [-0.2, -0.15) is 0 Å². The summed E-state index contributed by atoms with van der Waals surface area (Å²) >= 11 is 19.1. The van der Waals surface area contributed by atoms with Gasteiger partial charge < -0.3 is 19.9 Å². The number of benzene rings is 3. The molecule has 9 nitrogen and oxygen atoms in total. The van der Waals surface area contributed by atoms with E-state index in [9.17, 15) is 14.4 Å². The zero-order valence-electron chi connectivity index (χ0n) is 24.0. The molecule has 0 radical (unpaired) electrons. The Labute approximate surface area is 280 Å². The molecule has 0 saturated carbocycles. The van der Waals surface area contributed by atoms with E-state index in [0.29, 0.717) is 50.5 Å². The fourth-order valence-electron chi connectivity index (χ4n) is 4.77. The summed E-state index contributed by atoms with van der Waals surface area (Å²) in [4.78, 5) is 41.2. The molecule has 0 spiro atoms. The number of thiocarbonyl (C=S) groups is 1. The van der Waals surface area contributed by atoms with Gasteiger partial charge in [0.25, 0.3) is 5.91 Å². The number of ether oxygens (including phenoxy) is 2. The van der Waals surface area contributed by atoms with Crippen LogP contribution in [0.4, 0.5) is 5.69 Å². The van der Waals surface area contributed by atoms with Crippen molar-refractivity contribution in [1.82, 2.24) is 9.80 Å². The molecule has 3 aromatic carbocycles. The van der Waals surface area contributed by atoms with E-state index in [0.717, 1.165) is 48.1 Å². The molecule has 2 saturated heterocycles. The van der Waals surface area contributed by atoms with Gasteiger partial charge in [-0.15, -0.1) is 0 Å². The molecule has 0 aliphatic carbocycles. The van der Waals surface area contributed by atoms with Crippen molar-refractivity contribution < 1.29 is 29.0 Å². The van der Waals surface area contributed by atoms with Gasteiger partial charge >= 0.3 is 5.97 Å². The molecule has 45 heavy (non-hydrogen) atoms. The molecular formula is C32H29Cl2N3O6S2. The Hall–Kier alpha value is -3.45. The molecule has 5 rings (SSSR count). The van der Waals surface area contributed by atoms with E-state index in [2.05, 4.69) is 10.2 Å². The molecule has 2 N–H and O–H groups in total. The highest BCUT2D eigenvalue weighted by atomic mass is 35.5. The summed E-state index contributed by atoms with van der Waals surface area (Å²) in [6, 6.07) is 17.0. The summed E-state index contributed by atoms with van der Waals surface area (Å²) < 4.78 is 12.0. The lowest BCUT2D eigenvalue weighted by atomic mass is 10.0. The third-order valence-corrected chi connectivity index (χ3v) is 9.25. The summed E-state index contributed by atoms with van der Waals surface area (Å²) in [5, 5.41) is 12.7. The second kappa shape index (κ2) is 15.2. The highest BCUT2D eigenvalue weighted by Gasteiger charge is 2.32. The first-order valence-electron chi connectivity index (χ1n) is 14.1. The van der Waals surface area contributed by atoms with Gasteiger partial charge in [-0.25, -0.2) is 4.79 Å². The van der Waals surface area contributed by atoms with Crippen molar-refractivity contribution in [2.24, 2.45) is 0 Å². The number of carboxylic acid groups (broad SMARTS) is 1. The minimum absolute atomic E-state index is 0.0189. The third kappa shape index (κ3) is 8.63. The monoisotopic (exact) mass is 685 g/mol. The van der Waals surface area contributed by atoms with E-state index >= 15 is 0 Å². The van der Waals surface area contributed by atoms with Crippen molar-refractivity contribution in [2.45, 2.75) is 6.42 Å². The number of carboxylic acids is 1. The van der Waals surface area contributed by atoms with Crippen LogP contribution in [0.15, 0.2) is 65.6 Å². The molecule has 0 atom stereocenters. The standard InChI is InChI=1S/C32H29Cl2N3O6S2/c33-25-6-5-21(19-26(25)34)24-16-20(4-7-27(24)43-15-12-36-10-13-42-14-11-36)17-28-30(39)37(32(44)45-28)9-8-29(38)35-23-3-1-2-22(18-23)31(40)41/h1-7,16-19H,8-15H2,(H,35,38)(H,40,41)/b28-17-. The molecular weight excluding hydrogens is 657 g/mol. The van der Waals surface area contributed by atoms with Gasteiger partial charge in [0.05, 0.1) is 33.7 Å². The number of hydrogen-bond acceptors (Lipinski definition) is 8. The minimum Gasteiger partial charge on any atom is -0.492 e. The summed E-state index contributed by atoms with van der Waals surface area (Å²) in [6.07, 6.45) is 1.74. The zero-order chi connectivity index (χ0) is 31.9. The number of carbonyl (C=O) groups excluding carboxylic acids is 2. The Morgan fingerprint density at radius 3 is 2.60 bits per heavy atom. The van der Waals surface area contributed by atoms with Crippen molar-refractivity contribution in [2.75, 3.05) is 51.3 Å². The van der Waals surface area contributed by atoms with Gasteiger partial charge in [0.15, 0.2) is 0 Å². The fourth-order valence-corrected chi connectivity index (χ4v) is 6.38. The van der Waals surface area contributed by atoms with E-state index in [1.54, 1.807) is 30.3 Å². The third-order valence-electron chi connectivity index (χ3n) is 7.13. The number of nitrogens with one attached hydrogen (secondary N) is 1. The molecule has 234 valence electrons. The summed E-state index contributed by atoms with van der Waals surface area (Å²) in [7, 11) is 0.